The number of rotatable bonds is 4. The van der Waals surface area contributed by atoms with Crippen molar-refractivity contribution in [3.05, 3.63) is 61.9 Å². The summed E-state index contributed by atoms with van der Waals surface area (Å²) < 4.78 is 2.08. The average Bonchev–Trinajstić information content (AvgIpc) is 3.08. The van der Waals surface area contributed by atoms with Crippen molar-refractivity contribution in [3.8, 4) is 0 Å². The SMILES string of the molecule is C[C@H](C(=O)Nn1c(=S)[nH]c2ccccc2c1=O)n1cc([N+](=O)[O-])cn1. The molecule has 1 atom stereocenters. The second-order valence-corrected chi connectivity index (χ2v) is 5.59. The number of amides is 1. The highest BCUT2D eigenvalue weighted by molar-refractivity contribution is 7.71. The Hall–Kier alpha value is -3.34. The number of hydrogen-bond donors (Lipinski definition) is 2. The first-order valence-corrected chi connectivity index (χ1v) is 7.53. The van der Waals surface area contributed by atoms with E-state index in [1.807, 2.05) is 0 Å². The molecule has 1 amide bonds. The Morgan fingerprint density at radius 1 is 1.44 bits per heavy atom. The van der Waals surface area contributed by atoms with Crippen LogP contribution in [0.1, 0.15) is 13.0 Å². The number of aromatic nitrogens is 4. The summed E-state index contributed by atoms with van der Waals surface area (Å²) >= 11 is 5.11. The molecule has 0 bridgehead atoms. The molecule has 0 aliphatic rings. The first-order valence-electron chi connectivity index (χ1n) is 7.12. The van der Waals surface area contributed by atoms with Crippen LogP contribution in [0.2, 0.25) is 0 Å². The molecule has 0 saturated heterocycles. The van der Waals surface area contributed by atoms with Crippen molar-refractivity contribution in [3.63, 3.8) is 0 Å². The number of nitrogens with zero attached hydrogens (tertiary/aromatic N) is 4. The predicted octanol–water partition coefficient (Wildman–Crippen LogP) is 1.50. The number of aromatic amines is 1. The van der Waals surface area contributed by atoms with Gasteiger partial charge < -0.3 is 4.98 Å². The van der Waals surface area contributed by atoms with E-state index in [0.717, 1.165) is 21.8 Å². The molecule has 0 aliphatic carbocycles. The maximum absolute atomic E-state index is 12.5. The molecule has 0 aliphatic heterocycles. The van der Waals surface area contributed by atoms with E-state index in [4.69, 9.17) is 12.2 Å². The van der Waals surface area contributed by atoms with Crippen LogP contribution in [-0.2, 0) is 4.79 Å². The van der Waals surface area contributed by atoms with Gasteiger partial charge in [0.25, 0.3) is 11.5 Å². The smallest absolute Gasteiger partial charge is 0.307 e. The highest BCUT2D eigenvalue weighted by Gasteiger charge is 2.20. The summed E-state index contributed by atoms with van der Waals surface area (Å²) in [5, 5.41) is 14.8. The molecule has 3 aromatic rings. The lowest BCUT2D eigenvalue weighted by Crippen LogP contribution is -2.37. The van der Waals surface area contributed by atoms with E-state index < -0.39 is 22.4 Å². The number of nitro groups is 1. The number of fused-ring (bicyclic) bond motifs is 1. The Morgan fingerprint density at radius 2 is 2.16 bits per heavy atom. The van der Waals surface area contributed by atoms with Gasteiger partial charge in [0.05, 0.1) is 15.8 Å². The maximum Gasteiger partial charge on any atom is 0.307 e. The van der Waals surface area contributed by atoms with E-state index in [1.54, 1.807) is 24.3 Å². The van der Waals surface area contributed by atoms with Crippen LogP contribution in [0.25, 0.3) is 10.9 Å². The fourth-order valence-electron chi connectivity index (χ4n) is 2.22. The summed E-state index contributed by atoms with van der Waals surface area (Å²) in [4.78, 5) is 37.8. The van der Waals surface area contributed by atoms with Crippen molar-refractivity contribution in [2.24, 2.45) is 0 Å². The first-order chi connectivity index (χ1) is 11.9. The van der Waals surface area contributed by atoms with Crippen molar-refractivity contribution < 1.29 is 9.72 Å². The first kappa shape index (κ1) is 16.5. The average molecular weight is 360 g/mol. The fraction of sp³-hybridized carbons (Fsp3) is 0.143. The van der Waals surface area contributed by atoms with Gasteiger partial charge >= 0.3 is 5.69 Å². The van der Waals surface area contributed by atoms with Crippen LogP contribution >= 0.6 is 12.2 Å². The lowest BCUT2D eigenvalue weighted by atomic mass is 10.2. The van der Waals surface area contributed by atoms with Gasteiger partial charge in [-0.25, -0.2) is 0 Å². The van der Waals surface area contributed by atoms with Gasteiger partial charge in [-0.15, -0.1) is 0 Å². The van der Waals surface area contributed by atoms with Crippen molar-refractivity contribution in [1.29, 1.82) is 0 Å². The quantitative estimate of drug-likeness (QED) is 0.412. The second kappa shape index (κ2) is 6.28. The standard InChI is InChI=1S/C14H12N6O4S/c1-8(18-7-9(6-15-18)20(23)24)12(21)17-19-13(22)10-4-2-3-5-11(10)16-14(19)25/h2-8H,1H3,(H,16,25)(H,17,21)/t8-/m1/s1. The van der Waals surface area contributed by atoms with E-state index >= 15 is 0 Å². The van der Waals surface area contributed by atoms with E-state index in [9.17, 15) is 19.7 Å². The highest BCUT2D eigenvalue weighted by Crippen LogP contribution is 2.13. The molecule has 1 aromatic carbocycles. The van der Waals surface area contributed by atoms with E-state index in [1.165, 1.54) is 6.92 Å². The number of benzene rings is 1. The van der Waals surface area contributed by atoms with Crippen LogP contribution in [0.15, 0.2) is 41.5 Å². The largest absolute Gasteiger partial charge is 0.330 e. The van der Waals surface area contributed by atoms with Crippen LogP contribution in [0.3, 0.4) is 0 Å². The van der Waals surface area contributed by atoms with Crippen molar-refractivity contribution >= 4 is 34.7 Å². The van der Waals surface area contributed by atoms with Gasteiger partial charge in [-0.3, -0.25) is 29.8 Å². The molecule has 0 spiro atoms. The molecular formula is C14H12N6O4S. The molecule has 10 nitrogen and oxygen atoms in total. The second-order valence-electron chi connectivity index (χ2n) is 5.20. The molecule has 128 valence electrons. The zero-order valence-corrected chi connectivity index (χ0v) is 13.7. The summed E-state index contributed by atoms with van der Waals surface area (Å²) in [5.41, 5.74) is 2.24. The maximum atomic E-state index is 12.5. The Balaban J connectivity index is 1.92. The van der Waals surface area contributed by atoms with Crippen LogP contribution in [0.4, 0.5) is 5.69 Å². The molecule has 0 saturated carbocycles. The minimum Gasteiger partial charge on any atom is -0.330 e. The number of carbonyl (C=O) groups is 1. The minimum absolute atomic E-state index is 0.0238. The minimum atomic E-state index is -0.888. The number of para-hydroxylation sites is 1. The third kappa shape index (κ3) is 3.04. The molecule has 0 unspecified atom stereocenters. The number of H-pyrrole nitrogens is 1. The van der Waals surface area contributed by atoms with Gasteiger partial charge in [0.2, 0.25) is 0 Å². The third-order valence-corrected chi connectivity index (χ3v) is 3.89. The third-order valence-electron chi connectivity index (χ3n) is 3.60. The monoisotopic (exact) mass is 360 g/mol. The Bertz CT molecular complexity index is 1100. The van der Waals surface area contributed by atoms with Crippen LogP contribution in [0, 0.1) is 14.9 Å². The molecule has 2 N–H and O–H groups in total. The highest BCUT2D eigenvalue weighted by atomic mass is 32.1. The number of hydrogen-bond acceptors (Lipinski definition) is 6. The molecule has 2 heterocycles. The van der Waals surface area contributed by atoms with Crippen LogP contribution in [0.5, 0.6) is 0 Å². The normalized spacial score (nSPS) is 12.0. The Kier molecular flexibility index (Phi) is 4.15. The van der Waals surface area contributed by atoms with Gasteiger partial charge in [0.1, 0.15) is 18.4 Å². The summed E-state index contributed by atoms with van der Waals surface area (Å²) in [6.07, 6.45) is 2.17. The van der Waals surface area contributed by atoms with Crippen LogP contribution < -0.4 is 11.0 Å². The lowest BCUT2D eigenvalue weighted by molar-refractivity contribution is -0.385. The molecule has 0 fully saturated rings. The van der Waals surface area contributed by atoms with E-state index in [-0.39, 0.29) is 10.5 Å². The van der Waals surface area contributed by atoms with Crippen molar-refractivity contribution in [2.75, 3.05) is 5.43 Å². The topological polar surface area (TPSA) is 128 Å². The van der Waals surface area contributed by atoms with Gasteiger partial charge in [-0.1, -0.05) is 12.1 Å². The molecule has 3 rings (SSSR count). The molecule has 0 radical (unpaired) electrons. The van der Waals surface area contributed by atoms with Crippen molar-refractivity contribution in [2.45, 2.75) is 13.0 Å². The number of carbonyl (C=O) groups excluding carboxylic acids is 1. The van der Waals surface area contributed by atoms with Gasteiger partial charge in [0.15, 0.2) is 4.77 Å². The van der Waals surface area contributed by atoms with Crippen LogP contribution in [-0.4, -0.2) is 30.3 Å². The summed E-state index contributed by atoms with van der Waals surface area (Å²) in [6, 6.07) is 5.86. The Labute approximate surface area is 144 Å². The summed E-state index contributed by atoms with van der Waals surface area (Å²) in [5.74, 6) is -0.602. The van der Waals surface area contributed by atoms with Crippen molar-refractivity contribution in [1.82, 2.24) is 19.4 Å². The fourth-order valence-corrected chi connectivity index (χ4v) is 2.46. The zero-order valence-electron chi connectivity index (χ0n) is 12.9. The summed E-state index contributed by atoms with van der Waals surface area (Å²) in [7, 11) is 0. The Morgan fingerprint density at radius 3 is 2.84 bits per heavy atom. The van der Waals surface area contributed by atoms with E-state index in [2.05, 4.69) is 15.5 Å². The van der Waals surface area contributed by atoms with E-state index in [0.29, 0.717) is 10.9 Å². The van der Waals surface area contributed by atoms with Gasteiger partial charge in [-0.05, 0) is 31.3 Å². The predicted molar refractivity (Wildman–Crippen MR) is 91.4 cm³/mol. The lowest BCUT2D eigenvalue weighted by Gasteiger charge is -2.14. The zero-order chi connectivity index (χ0) is 18.1. The number of nitrogens with one attached hydrogen (secondary N) is 2. The van der Waals surface area contributed by atoms with Gasteiger partial charge in [-0.2, -0.15) is 9.77 Å². The van der Waals surface area contributed by atoms with Gasteiger partial charge in [0, 0.05) is 0 Å². The molecular weight excluding hydrogens is 348 g/mol. The molecule has 2 aromatic heterocycles. The molecule has 11 heteroatoms. The summed E-state index contributed by atoms with van der Waals surface area (Å²) in [6.45, 7) is 1.49. The molecule has 25 heavy (non-hydrogen) atoms.